The van der Waals surface area contributed by atoms with Crippen molar-refractivity contribution in [3.63, 3.8) is 0 Å². The molecule has 0 heterocycles. The molecule has 0 fully saturated rings. The number of likely N-dealkylation sites (N-methyl/N-ethyl adjacent to an activating group) is 1. The first-order valence-electron chi connectivity index (χ1n) is 8.40. The van der Waals surface area contributed by atoms with E-state index in [4.69, 9.17) is 22.1 Å². The lowest BCUT2D eigenvalue weighted by Gasteiger charge is -2.18. The van der Waals surface area contributed by atoms with Crippen LogP contribution in [0.4, 0.5) is 5.69 Å². The van der Waals surface area contributed by atoms with E-state index in [0.29, 0.717) is 10.7 Å². The van der Waals surface area contributed by atoms with Crippen molar-refractivity contribution in [3.05, 3.63) is 89.1 Å². The number of hydrogen-bond donors (Lipinski definition) is 3. The van der Waals surface area contributed by atoms with Crippen LogP contribution >= 0.6 is 11.6 Å². The van der Waals surface area contributed by atoms with E-state index in [1.165, 1.54) is 19.3 Å². The summed E-state index contributed by atoms with van der Waals surface area (Å²) in [6.45, 7) is 0. The summed E-state index contributed by atoms with van der Waals surface area (Å²) in [5.74, 6) is -1.87. The molecule has 2 rings (SSSR count). The van der Waals surface area contributed by atoms with E-state index in [-0.39, 0.29) is 17.8 Å². The molecule has 2 aromatic carbocycles. The van der Waals surface area contributed by atoms with Crippen LogP contribution in [0.25, 0.3) is 0 Å². The van der Waals surface area contributed by atoms with Crippen LogP contribution in [0.1, 0.15) is 5.56 Å². The largest absolute Gasteiger partial charge is 0.478 e. The molecule has 0 aliphatic heterocycles. The quantitative estimate of drug-likeness (QED) is 0.374. The van der Waals surface area contributed by atoms with Gasteiger partial charge in [-0.05, 0) is 23.8 Å². The van der Waals surface area contributed by atoms with E-state index < -0.39 is 11.9 Å². The molecule has 2 aromatic rings. The molecular weight excluding hydrogens is 378 g/mol. The molecule has 0 atom stereocenters. The first-order chi connectivity index (χ1) is 13.4. The summed E-state index contributed by atoms with van der Waals surface area (Å²) in [6, 6.07) is 16.2. The normalized spacial score (nSPS) is 11.3. The van der Waals surface area contributed by atoms with Crippen LogP contribution in [-0.4, -0.2) is 34.8 Å². The lowest BCUT2D eigenvalue weighted by atomic mass is 10.0. The molecular formula is C21H20ClN3O3. The Morgan fingerprint density at radius 2 is 1.79 bits per heavy atom. The smallest absolute Gasteiger partial charge is 0.328 e. The van der Waals surface area contributed by atoms with E-state index in [9.17, 15) is 9.59 Å². The minimum absolute atomic E-state index is 0.0819. The molecule has 3 N–H and O–H groups in total. The highest BCUT2D eigenvalue weighted by atomic mass is 35.5. The number of amides is 1. The molecule has 7 heteroatoms. The second-order valence-corrected chi connectivity index (χ2v) is 6.28. The van der Waals surface area contributed by atoms with Gasteiger partial charge in [-0.25, -0.2) is 4.79 Å². The van der Waals surface area contributed by atoms with E-state index in [0.717, 1.165) is 16.5 Å². The number of carboxylic acid groups (broad SMARTS) is 1. The number of benzene rings is 2. The van der Waals surface area contributed by atoms with Gasteiger partial charge in [0.1, 0.15) is 5.84 Å². The Hall–Kier alpha value is -3.38. The number of carbonyl (C=O) groups is 2. The number of nitrogens with zero attached hydrogens (tertiary/aromatic N) is 1. The lowest BCUT2D eigenvalue weighted by Crippen LogP contribution is -2.33. The van der Waals surface area contributed by atoms with Crippen LogP contribution in [-0.2, 0) is 16.0 Å². The monoisotopic (exact) mass is 397 g/mol. The maximum Gasteiger partial charge on any atom is 0.328 e. The average Bonchev–Trinajstić information content (AvgIpc) is 2.68. The minimum Gasteiger partial charge on any atom is -0.478 e. The van der Waals surface area contributed by atoms with Gasteiger partial charge in [-0.1, -0.05) is 54.1 Å². The number of para-hydroxylation sites is 1. The number of halogens is 1. The third-order valence-electron chi connectivity index (χ3n) is 3.83. The van der Waals surface area contributed by atoms with Crippen molar-refractivity contribution in [2.45, 2.75) is 6.42 Å². The molecule has 28 heavy (non-hydrogen) atoms. The number of aliphatic carboxylic acids is 1. The van der Waals surface area contributed by atoms with Gasteiger partial charge < -0.3 is 10.4 Å². The molecule has 0 spiro atoms. The van der Waals surface area contributed by atoms with Crippen molar-refractivity contribution in [1.29, 1.82) is 5.41 Å². The summed E-state index contributed by atoms with van der Waals surface area (Å²) in [5.41, 5.74) is 1.55. The zero-order chi connectivity index (χ0) is 20.5. The van der Waals surface area contributed by atoms with Gasteiger partial charge in [-0.3, -0.25) is 15.1 Å². The Kier molecular flexibility index (Phi) is 7.54. The van der Waals surface area contributed by atoms with E-state index in [1.54, 1.807) is 18.2 Å². The first kappa shape index (κ1) is 20.9. The van der Waals surface area contributed by atoms with Crippen LogP contribution in [0.15, 0.2) is 78.5 Å². The predicted molar refractivity (Wildman–Crippen MR) is 111 cm³/mol. The van der Waals surface area contributed by atoms with Crippen LogP contribution in [0, 0.1) is 5.41 Å². The molecule has 0 aromatic heterocycles. The Morgan fingerprint density at radius 3 is 2.43 bits per heavy atom. The van der Waals surface area contributed by atoms with Crippen LogP contribution in [0.5, 0.6) is 0 Å². The third kappa shape index (κ3) is 6.10. The van der Waals surface area contributed by atoms with Gasteiger partial charge in [-0.15, -0.1) is 0 Å². The number of hydrogen-bond acceptors (Lipinski definition) is 4. The molecule has 0 bridgehead atoms. The fourth-order valence-corrected chi connectivity index (χ4v) is 2.57. The number of carboxylic acids is 1. The van der Waals surface area contributed by atoms with Crippen LogP contribution < -0.4 is 5.32 Å². The second kappa shape index (κ2) is 10.1. The van der Waals surface area contributed by atoms with Gasteiger partial charge >= 0.3 is 5.97 Å². The summed E-state index contributed by atoms with van der Waals surface area (Å²) < 4.78 is 0. The fraction of sp³-hybridized carbons (Fsp3) is 0.0952. The van der Waals surface area contributed by atoms with Crippen molar-refractivity contribution in [3.8, 4) is 0 Å². The Bertz CT molecular complexity index is 924. The fourth-order valence-electron chi connectivity index (χ4n) is 2.38. The molecule has 0 saturated heterocycles. The molecule has 0 aliphatic carbocycles. The summed E-state index contributed by atoms with van der Waals surface area (Å²) in [7, 11) is 1.42. The van der Waals surface area contributed by atoms with Crippen molar-refractivity contribution >= 4 is 35.0 Å². The number of rotatable bonds is 7. The molecule has 1 amide bonds. The molecule has 0 saturated carbocycles. The highest BCUT2D eigenvalue weighted by Crippen LogP contribution is 2.20. The second-order valence-electron chi connectivity index (χ2n) is 5.88. The first-order valence-corrected chi connectivity index (χ1v) is 8.78. The Labute approximate surface area is 168 Å². The number of anilines is 1. The van der Waals surface area contributed by atoms with Crippen LogP contribution in [0.2, 0.25) is 5.02 Å². The van der Waals surface area contributed by atoms with Gasteiger partial charge in [-0.2, -0.15) is 0 Å². The third-order valence-corrected chi connectivity index (χ3v) is 4.16. The Morgan fingerprint density at radius 1 is 1.14 bits per heavy atom. The number of nitrogens with one attached hydrogen (secondary N) is 2. The van der Waals surface area contributed by atoms with Crippen molar-refractivity contribution in [2.24, 2.45) is 0 Å². The predicted octanol–water partition coefficient (Wildman–Crippen LogP) is 3.95. The molecule has 144 valence electrons. The number of amidine groups is 1. The molecule has 0 radical (unpaired) electrons. The van der Waals surface area contributed by atoms with Crippen molar-refractivity contribution < 1.29 is 14.7 Å². The lowest BCUT2D eigenvalue weighted by molar-refractivity contribution is -0.132. The van der Waals surface area contributed by atoms with E-state index in [2.05, 4.69) is 5.32 Å². The number of carbonyl (C=O) groups excluding carboxylic acids is 1. The maximum atomic E-state index is 12.7. The maximum absolute atomic E-state index is 12.7. The van der Waals surface area contributed by atoms with Crippen molar-refractivity contribution in [2.75, 3.05) is 12.4 Å². The van der Waals surface area contributed by atoms with E-state index in [1.807, 2.05) is 36.4 Å². The molecule has 0 aliphatic rings. The van der Waals surface area contributed by atoms with Crippen molar-refractivity contribution in [1.82, 2.24) is 4.90 Å². The van der Waals surface area contributed by atoms with Gasteiger partial charge in [0.25, 0.3) is 5.91 Å². The van der Waals surface area contributed by atoms with Gasteiger partial charge in [0, 0.05) is 31.3 Å². The topological polar surface area (TPSA) is 93.5 Å². The highest BCUT2D eigenvalue weighted by Gasteiger charge is 2.18. The minimum atomic E-state index is -1.21. The summed E-state index contributed by atoms with van der Waals surface area (Å²) in [5, 5.41) is 20.6. The summed E-state index contributed by atoms with van der Waals surface area (Å²) in [6.07, 6.45) is 3.92. The Balaban J connectivity index is 2.08. The van der Waals surface area contributed by atoms with E-state index >= 15 is 0 Å². The van der Waals surface area contributed by atoms with Gasteiger partial charge in [0.15, 0.2) is 0 Å². The zero-order valence-electron chi connectivity index (χ0n) is 15.2. The molecule has 6 nitrogen and oxygen atoms in total. The molecule has 0 unspecified atom stereocenters. The summed E-state index contributed by atoms with van der Waals surface area (Å²) >= 11 is 6.04. The van der Waals surface area contributed by atoms with Gasteiger partial charge in [0.05, 0.1) is 10.7 Å². The van der Waals surface area contributed by atoms with Crippen LogP contribution in [0.3, 0.4) is 0 Å². The SMILES string of the molecule is CN(C(=N)/C=C\Nc1ccccc1Cl)C(=O)/C(=C\C(=O)O)Cc1ccccc1. The average molecular weight is 398 g/mol. The van der Waals surface area contributed by atoms with Gasteiger partial charge in [0.2, 0.25) is 0 Å². The summed E-state index contributed by atoms with van der Waals surface area (Å²) in [4.78, 5) is 24.9. The zero-order valence-corrected chi connectivity index (χ0v) is 16.0. The standard InChI is InChI=1S/C21H20ClN3O3/c1-25(19(23)11-12-24-18-10-6-5-9-17(18)22)21(28)16(14-20(26)27)13-15-7-3-2-4-8-15/h2-12,14,23-24H,13H2,1H3,(H,26,27)/b12-11-,16-14-,23-19?. The highest BCUT2D eigenvalue weighted by molar-refractivity contribution is 6.33.